The summed E-state index contributed by atoms with van der Waals surface area (Å²) in [5.41, 5.74) is -4.31. The van der Waals surface area contributed by atoms with Crippen LogP contribution in [-0.4, -0.2) is 45.2 Å². The summed E-state index contributed by atoms with van der Waals surface area (Å²) in [7, 11) is -5.74. The molecule has 0 spiro atoms. The fourth-order valence-corrected chi connectivity index (χ4v) is 2.52. The van der Waals surface area contributed by atoms with Crippen LogP contribution in [-0.2, 0) is 14.9 Å². The molecule has 0 radical (unpaired) electrons. The Hall–Kier alpha value is -1.55. The number of aryl methyl sites for hydroxylation is 1. The average Bonchev–Trinajstić information content (AvgIpc) is 2.42. The van der Waals surface area contributed by atoms with Crippen LogP contribution in [0.2, 0.25) is 0 Å². The van der Waals surface area contributed by atoms with Crippen LogP contribution in [0, 0.1) is 13.8 Å². The van der Waals surface area contributed by atoms with Gasteiger partial charge in [0.1, 0.15) is 0 Å². The summed E-state index contributed by atoms with van der Waals surface area (Å²) in [6, 6.07) is 1.67. The van der Waals surface area contributed by atoms with Crippen molar-refractivity contribution in [2.45, 2.75) is 19.4 Å². The molecule has 1 saturated heterocycles. The van der Waals surface area contributed by atoms with Gasteiger partial charge in [-0.25, -0.2) is 4.98 Å². The van der Waals surface area contributed by atoms with Crippen molar-refractivity contribution < 1.29 is 30.5 Å². The first-order chi connectivity index (χ1) is 10.1. The van der Waals surface area contributed by atoms with Gasteiger partial charge in [-0.1, -0.05) is 0 Å². The molecule has 22 heavy (non-hydrogen) atoms. The third kappa shape index (κ3) is 3.43. The van der Waals surface area contributed by atoms with E-state index >= 15 is 0 Å². The average molecular weight is 340 g/mol. The maximum absolute atomic E-state index is 12.4. The quantitative estimate of drug-likeness (QED) is 0.617. The van der Waals surface area contributed by atoms with Crippen LogP contribution in [0.4, 0.5) is 18.9 Å². The van der Waals surface area contributed by atoms with Gasteiger partial charge in [0.2, 0.25) is 5.88 Å². The number of hydrogen-bond acceptors (Lipinski definition) is 6. The number of aromatic nitrogens is 1. The van der Waals surface area contributed by atoms with Crippen molar-refractivity contribution in [3.63, 3.8) is 0 Å². The molecule has 1 aliphatic heterocycles. The van der Waals surface area contributed by atoms with E-state index in [9.17, 15) is 21.6 Å². The fourth-order valence-electron chi connectivity index (χ4n) is 2.06. The standard InChI is InChI=1S/C12H15F3N2O4S/c1-8-7-10(17-3-5-20-6-4-17)9(2)11(16-8)21-22(18,19)12(13,14)15/h7H,3-6H2,1-2H3. The molecule has 0 bridgehead atoms. The lowest BCUT2D eigenvalue weighted by atomic mass is 10.2. The summed E-state index contributed by atoms with van der Waals surface area (Å²) >= 11 is 0. The summed E-state index contributed by atoms with van der Waals surface area (Å²) in [6.45, 7) is 5.09. The molecule has 0 amide bonds. The van der Waals surface area contributed by atoms with Crippen LogP contribution >= 0.6 is 0 Å². The minimum Gasteiger partial charge on any atom is -0.378 e. The lowest BCUT2D eigenvalue weighted by molar-refractivity contribution is -0.0501. The van der Waals surface area contributed by atoms with Gasteiger partial charge in [0, 0.05) is 30.0 Å². The normalized spacial score (nSPS) is 16.7. The number of rotatable bonds is 3. The lowest BCUT2D eigenvalue weighted by Crippen LogP contribution is -2.37. The zero-order valence-electron chi connectivity index (χ0n) is 12.0. The molecule has 10 heteroatoms. The Balaban J connectivity index is 2.39. The van der Waals surface area contributed by atoms with E-state index < -0.39 is 21.5 Å². The van der Waals surface area contributed by atoms with Gasteiger partial charge >= 0.3 is 15.6 Å². The number of halogens is 3. The van der Waals surface area contributed by atoms with Gasteiger partial charge in [-0.05, 0) is 19.9 Å². The van der Waals surface area contributed by atoms with E-state index in [0.717, 1.165) is 0 Å². The Labute approximate surface area is 126 Å². The number of nitrogens with zero attached hydrogens (tertiary/aromatic N) is 2. The molecule has 1 aromatic heterocycles. The van der Waals surface area contributed by atoms with Crippen molar-refractivity contribution in [1.29, 1.82) is 0 Å². The summed E-state index contributed by atoms with van der Waals surface area (Å²) in [5, 5.41) is 0. The van der Waals surface area contributed by atoms with E-state index in [1.54, 1.807) is 13.0 Å². The van der Waals surface area contributed by atoms with Gasteiger partial charge in [0.25, 0.3) is 0 Å². The molecule has 0 aromatic carbocycles. The second-order valence-electron chi connectivity index (χ2n) is 4.80. The number of ether oxygens (including phenoxy) is 1. The number of hydrogen-bond donors (Lipinski definition) is 0. The van der Waals surface area contributed by atoms with Gasteiger partial charge in [0.05, 0.1) is 13.2 Å². The van der Waals surface area contributed by atoms with Crippen LogP contribution in [0.5, 0.6) is 5.88 Å². The summed E-state index contributed by atoms with van der Waals surface area (Å²) in [6.07, 6.45) is 0. The zero-order chi connectivity index (χ0) is 16.5. The van der Waals surface area contributed by atoms with Crippen molar-refractivity contribution in [2.24, 2.45) is 0 Å². The minimum atomic E-state index is -5.74. The molecule has 0 N–H and O–H groups in total. The molecule has 0 aliphatic carbocycles. The van der Waals surface area contributed by atoms with Crippen molar-refractivity contribution in [2.75, 3.05) is 31.2 Å². The van der Waals surface area contributed by atoms with Gasteiger partial charge in [-0.15, -0.1) is 0 Å². The van der Waals surface area contributed by atoms with E-state index in [0.29, 0.717) is 37.7 Å². The summed E-state index contributed by atoms with van der Waals surface area (Å²) in [5.74, 6) is -0.557. The molecule has 1 aromatic rings. The van der Waals surface area contributed by atoms with Gasteiger partial charge in [-0.2, -0.15) is 21.6 Å². The Kier molecular flexibility index (Phi) is 4.52. The second kappa shape index (κ2) is 5.92. The van der Waals surface area contributed by atoms with Crippen molar-refractivity contribution in [3.05, 3.63) is 17.3 Å². The number of anilines is 1. The van der Waals surface area contributed by atoms with Crippen LogP contribution in [0.3, 0.4) is 0 Å². The van der Waals surface area contributed by atoms with Gasteiger partial charge < -0.3 is 13.8 Å². The molecule has 1 aliphatic rings. The molecular formula is C12H15F3N2O4S. The molecule has 1 fully saturated rings. The lowest BCUT2D eigenvalue weighted by Gasteiger charge is -2.30. The zero-order valence-corrected chi connectivity index (χ0v) is 12.8. The first kappa shape index (κ1) is 16.8. The van der Waals surface area contributed by atoms with E-state index in [1.165, 1.54) is 6.92 Å². The first-order valence-electron chi connectivity index (χ1n) is 6.43. The van der Waals surface area contributed by atoms with Crippen LogP contribution in [0.25, 0.3) is 0 Å². The van der Waals surface area contributed by atoms with Crippen molar-refractivity contribution in [1.82, 2.24) is 4.98 Å². The molecule has 6 nitrogen and oxygen atoms in total. The molecule has 2 heterocycles. The highest BCUT2D eigenvalue weighted by Crippen LogP contribution is 2.32. The first-order valence-corrected chi connectivity index (χ1v) is 7.84. The van der Waals surface area contributed by atoms with E-state index in [2.05, 4.69) is 9.17 Å². The SMILES string of the molecule is Cc1cc(N2CCOCC2)c(C)c(OS(=O)(=O)C(F)(F)F)n1. The summed E-state index contributed by atoms with van der Waals surface area (Å²) < 4.78 is 69.0. The Morgan fingerprint density at radius 3 is 2.41 bits per heavy atom. The fraction of sp³-hybridized carbons (Fsp3) is 0.583. The van der Waals surface area contributed by atoms with Crippen LogP contribution in [0.1, 0.15) is 11.3 Å². The third-order valence-electron chi connectivity index (χ3n) is 3.15. The predicted octanol–water partition coefficient (Wildman–Crippen LogP) is 1.76. The molecular weight excluding hydrogens is 325 g/mol. The molecule has 0 atom stereocenters. The Morgan fingerprint density at radius 2 is 1.86 bits per heavy atom. The Bertz CT molecular complexity index is 655. The maximum Gasteiger partial charge on any atom is 0.534 e. The van der Waals surface area contributed by atoms with Crippen molar-refractivity contribution in [3.8, 4) is 5.88 Å². The largest absolute Gasteiger partial charge is 0.534 e. The topological polar surface area (TPSA) is 68.7 Å². The highest BCUT2D eigenvalue weighted by Gasteiger charge is 2.49. The predicted molar refractivity (Wildman–Crippen MR) is 72.3 cm³/mol. The molecule has 124 valence electrons. The summed E-state index contributed by atoms with van der Waals surface area (Å²) in [4.78, 5) is 5.66. The van der Waals surface area contributed by atoms with Crippen LogP contribution < -0.4 is 9.08 Å². The third-order valence-corrected chi connectivity index (χ3v) is 4.10. The maximum atomic E-state index is 12.4. The molecule has 2 rings (SSSR count). The van der Waals surface area contributed by atoms with Gasteiger partial charge in [0.15, 0.2) is 0 Å². The Morgan fingerprint density at radius 1 is 1.27 bits per heavy atom. The van der Waals surface area contributed by atoms with E-state index in [1.807, 2.05) is 4.90 Å². The highest BCUT2D eigenvalue weighted by molar-refractivity contribution is 7.87. The minimum absolute atomic E-state index is 0.236. The van der Waals surface area contributed by atoms with Crippen LogP contribution in [0.15, 0.2) is 6.07 Å². The number of morpholine rings is 1. The second-order valence-corrected chi connectivity index (χ2v) is 6.33. The molecule has 0 saturated carbocycles. The smallest absolute Gasteiger partial charge is 0.378 e. The molecule has 0 unspecified atom stereocenters. The highest BCUT2D eigenvalue weighted by atomic mass is 32.2. The number of pyridine rings is 1. The van der Waals surface area contributed by atoms with E-state index in [-0.39, 0.29) is 5.56 Å². The monoisotopic (exact) mass is 340 g/mol. The van der Waals surface area contributed by atoms with Crippen molar-refractivity contribution >= 4 is 15.8 Å². The van der Waals surface area contributed by atoms with E-state index in [4.69, 9.17) is 4.74 Å². The number of alkyl halides is 3. The van der Waals surface area contributed by atoms with Gasteiger partial charge in [-0.3, -0.25) is 0 Å².